The normalized spacial score (nSPS) is 16.4. The van der Waals surface area contributed by atoms with Crippen LogP contribution < -0.4 is 9.47 Å². The first-order valence-corrected chi connectivity index (χ1v) is 10.5. The Hall–Kier alpha value is -2.78. The van der Waals surface area contributed by atoms with Crippen LogP contribution in [0.25, 0.3) is 6.08 Å². The summed E-state index contributed by atoms with van der Waals surface area (Å²) in [6, 6.07) is 9.76. The Morgan fingerprint density at radius 2 is 1.87 bits per heavy atom. The molecular weight excluding hydrogens is 472 g/mol. The van der Waals surface area contributed by atoms with Crippen LogP contribution in [0.1, 0.15) is 22.8 Å². The van der Waals surface area contributed by atoms with Gasteiger partial charge in [0.1, 0.15) is 11.5 Å². The third kappa shape index (κ3) is 4.52. The number of hydrogen-bond donors (Lipinski definition) is 1. The van der Waals surface area contributed by atoms with Crippen LogP contribution in [0.15, 0.2) is 50.8 Å². The Morgan fingerprint density at radius 3 is 2.43 bits per heavy atom. The molecule has 0 unspecified atom stereocenters. The molecule has 0 saturated carbocycles. The summed E-state index contributed by atoms with van der Waals surface area (Å²) in [4.78, 5) is 30.5. The van der Waals surface area contributed by atoms with Crippen molar-refractivity contribution in [3.05, 3.63) is 56.9 Å². The van der Waals surface area contributed by atoms with Crippen LogP contribution in [-0.2, 0) is 4.79 Å². The molecule has 0 radical (unpaired) electrons. The molecule has 1 amide bonds. The third-order valence-electron chi connectivity index (χ3n) is 4.33. The molecule has 9 heteroatoms. The number of aromatic carboxylic acids is 1. The van der Waals surface area contributed by atoms with E-state index >= 15 is 0 Å². The number of thioether (sulfide) groups is 1. The molecule has 0 atom stereocenters. The molecular formula is C21H19BrN2O5S. The minimum atomic E-state index is -1.00. The van der Waals surface area contributed by atoms with Crippen LogP contribution in [0.2, 0.25) is 0 Å². The number of halogens is 1. The summed E-state index contributed by atoms with van der Waals surface area (Å²) in [7, 11) is 3.12. The number of carboxylic acid groups (broad SMARTS) is 1. The monoisotopic (exact) mass is 490 g/mol. The molecule has 1 aliphatic rings. The van der Waals surface area contributed by atoms with E-state index in [1.807, 2.05) is 13.0 Å². The first-order valence-electron chi connectivity index (χ1n) is 8.93. The van der Waals surface area contributed by atoms with Gasteiger partial charge in [-0.3, -0.25) is 9.69 Å². The van der Waals surface area contributed by atoms with Crippen molar-refractivity contribution in [1.82, 2.24) is 4.90 Å². The van der Waals surface area contributed by atoms with E-state index in [0.717, 1.165) is 10.0 Å². The second-order valence-electron chi connectivity index (χ2n) is 6.14. The predicted molar refractivity (Wildman–Crippen MR) is 121 cm³/mol. The highest BCUT2D eigenvalue weighted by Crippen LogP contribution is 2.38. The molecule has 1 fully saturated rings. The summed E-state index contributed by atoms with van der Waals surface area (Å²) in [5, 5.41) is 9.55. The Morgan fingerprint density at radius 1 is 1.20 bits per heavy atom. The second-order valence-corrected chi connectivity index (χ2v) is 8.00. The van der Waals surface area contributed by atoms with Gasteiger partial charge >= 0.3 is 5.97 Å². The van der Waals surface area contributed by atoms with Crippen LogP contribution in [0.4, 0.5) is 5.69 Å². The average Bonchev–Trinajstić information content (AvgIpc) is 3.02. The number of carboxylic acids is 1. The third-order valence-corrected chi connectivity index (χ3v) is 5.96. The zero-order chi connectivity index (χ0) is 21.8. The van der Waals surface area contributed by atoms with E-state index < -0.39 is 5.97 Å². The van der Waals surface area contributed by atoms with Gasteiger partial charge in [-0.2, -0.15) is 0 Å². The molecule has 2 aromatic carbocycles. The largest absolute Gasteiger partial charge is 0.496 e. The van der Waals surface area contributed by atoms with E-state index in [-0.39, 0.29) is 11.5 Å². The molecule has 0 aliphatic carbocycles. The predicted octanol–water partition coefficient (Wildman–Crippen LogP) is 4.79. The fraction of sp³-hybridized carbons (Fsp3) is 0.190. The standard InChI is InChI=1S/C21H19BrN2O5S/c1-4-24-19(25)18(10-13-9-15(22)17(29-3)11-16(13)28-2)30-21(24)23-14-7-5-12(6-8-14)20(26)27/h5-11H,4H2,1-3H3,(H,26,27)/b18-10-,23-21?. The minimum absolute atomic E-state index is 0.155. The first kappa shape index (κ1) is 21.9. The maximum atomic E-state index is 12.9. The average molecular weight is 491 g/mol. The van der Waals surface area contributed by atoms with E-state index in [1.54, 1.807) is 43.4 Å². The van der Waals surface area contributed by atoms with Crippen LogP contribution in [0.3, 0.4) is 0 Å². The number of likely N-dealkylation sites (N-methyl/N-ethyl adjacent to an activating group) is 1. The molecule has 7 nitrogen and oxygen atoms in total. The van der Waals surface area contributed by atoms with Gasteiger partial charge in [-0.05, 0) is 71.0 Å². The van der Waals surface area contributed by atoms with E-state index in [2.05, 4.69) is 20.9 Å². The Bertz CT molecular complexity index is 1050. The van der Waals surface area contributed by atoms with Crippen LogP contribution in [0.5, 0.6) is 11.5 Å². The summed E-state index contributed by atoms with van der Waals surface area (Å²) in [5.41, 5.74) is 1.48. The number of benzene rings is 2. The van der Waals surface area contributed by atoms with Crippen molar-refractivity contribution < 1.29 is 24.2 Å². The number of rotatable bonds is 6. The summed E-state index contributed by atoms with van der Waals surface area (Å²) < 4.78 is 11.5. The van der Waals surface area contributed by atoms with Gasteiger partial charge in [0.15, 0.2) is 5.17 Å². The van der Waals surface area contributed by atoms with Gasteiger partial charge in [0.25, 0.3) is 5.91 Å². The lowest BCUT2D eigenvalue weighted by Gasteiger charge is -2.12. The van der Waals surface area contributed by atoms with Crippen molar-refractivity contribution in [2.24, 2.45) is 4.99 Å². The fourth-order valence-corrected chi connectivity index (χ4v) is 4.37. The van der Waals surface area contributed by atoms with E-state index in [4.69, 9.17) is 14.6 Å². The van der Waals surface area contributed by atoms with Crippen molar-refractivity contribution in [1.29, 1.82) is 0 Å². The van der Waals surface area contributed by atoms with E-state index in [9.17, 15) is 9.59 Å². The van der Waals surface area contributed by atoms with Crippen molar-refractivity contribution in [2.45, 2.75) is 6.92 Å². The van der Waals surface area contributed by atoms with Gasteiger partial charge in [0.2, 0.25) is 0 Å². The minimum Gasteiger partial charge on any atom is -0.496 e. The van der Waals surface area contributed by atoms with Crippen molar-refractivity contribution >= 4 is 56.5 Å². The van der Waals surface area contributed by atoms with Crippen molar-refractivity contribution in [3.63, 3.8) is 0 Å². The lowest BCUT2D eigenvalue weighted by atomic mass is 10.1. The molecule has 30 heavy (non-hydrogen) atoms. The molecule has 1 saturated heterocycles. The van der Waals surface area contributed by atoms with Crippen molar-refractivity contribution in [2.75, 3.05) is 20.8 Å². The molecule has 156 valence electrons. The highest BCUT2D eigenvalue weighted by molar-refractivity contribution is 9.10. The van der Waals surface area contributed by atoms with Crippen LogP contribution >= 0.6 is 27.7 Å². The summed E-state index contributed by atoms with van der Waals surface area (Å²) >= 11 is 4.71. The zero-order valence-electron chi connectivity index (χ0n) is 16.5. The lowest BCUT2D eigenvalue weighted by Crippen LogP contribution is -2.28. The summed E-state index contributed by atoms with van der Waals surface area (Å²) in [6.07, 6.45) is 1.76. The molecule has 0 spiro atoms. The van der Waals surface area contributed by atoms with Gasteiger partial charge in [-0.15, -0.1) is 0 Å². The Kier molecular flexibility index (Phi) is 6.84. The van der Waals surface area contributed by atoms with Gasteiger partial charge in [-0.1, -0.05) is 0 Å². The number of ether oxygens (including phenoxy) is 2. The molecule has 1 N–H and O–H groups in total. The van der Waals surface area contributed by atoms with Crippen molar-refractivity contribution in [3.8, 4) is 11.5 Å². The quantitative estimate of drug-likeness (QED) is 0.585. The molecule has 0 bridgehead atoms. The van der Waals surface area contributed by atoms with Gasteiger partial charge < -0.3 is 14.6 Å². The van der Waals surface area contributed by atoms with Gasteiger partial charge in [0.05, 0.1) is 34.8 Å². The molecule has 3 rings (SSSR count). The molecule has 0 aromatic heterocycles. The van der Waals surface area contributed by atoms with Gasteiger partial charge in [0, 0.05) is 18.2 Å². The first-order chi connectivity index (χ1) is 14.4. The second kappa shape index (κ2) is 9.36. The fourth-order valence-electron chi connectivity index (χ4n) is 2.80. The summed E-state index contributed by atoms with van der Waals surface area (Å²) in [6.45, 7) is 2.33. The number of nitrogens with zero attached hydrogens (tertiary/aromatic N) is 2. The number of aliphatic imine (C=N–C) groups is 1. The molecule has 1 heterocycles. The summed E-state index contributed by atoms with van der Waals surface area (Å²) in [5.74, 6) is 0.0484. The smallest absolute Gasteiger partial charge is 0.335 e. The SMILES string of the molecule is CCN1C(=O)/C(=C/c2cc(Br)c(OC)cc2OC)SC1=Nc1ccc(C(=O)O)cc1. The van der Waals surface area contributed by atoms with Crippen LogP contribution in [0, 0.1) is 0 Å². The number of methoxy groups -OCH3 is 2. The molecule has 2 aromatic rings. The number of hydrogen-bond acceptors (Lipinski definition) is 6. The van der Waals surface area contributed by atoms with E-state index in [0.29, 0.717) is 33.8 Å². The topological polar surface area (TPSA) is 88.4 Å². The number of amidine groups is 1. The number of carbonyl (C=O) groups excluding carboxylic acids is 1. The number of carbonyl (C=O) groups is 2. The lowest BCUT2D eigenvalue weighted by molar-refractivity contribution is -0.122. The Balaban J connectivity index is 1.96. The van der Waals surface area contributed by atoms with Crippen LogP contribution in [-0.4, -0.2) is 47.8 Å². The highest BCUT2D eigenvalue weighted by Gasteiger charge is 2.32. The molecule has 1 aliphatic heterocycles. The highest BCUT2D eigenvalue weighted by atomic mass is 79.9. The van der Waals surface area contributed by atoms with Gasteiger partial charge in [-0.25, -0.2) is 9.79 Å². The van der Waals surface area contributed by atoms with E-state index in [1.165, 1.54) is 23.9 Å². The maximum Gasteiger partial charge on any atom is 0.335 e. The zero-order valence-corrected chi connectivity index (χ0v) is 18.9. The number of amides is 1. The Labute approximate surface area is 186 Å². The maximum absolute atomic E-state index is 12.9.